The molecule has 4 heterocycles. The van der Waals surface area contributed by atoms with Gasteiger partial charge in [0.1, 0.15) is 18.2 Å². The summed E-state index contributed by atoms with van der Waals surface area (Å²) in [7, 11) is 0. The van der Waals surface area contributed by atoms with Crippen LogP contribution in [0.25, 0.3) is 22.1 Å². The van der Waals surface area contributed by atoms with Crippen LogP contribution in [0.5, 0.6) is 5.75 Å². The molecule has 2 aliphatic rings. The first-order valence-corrected chi connectivity index (χ1v) is 12.0. The number of aromatic nitrogens is 3. The highest BCUT2D eigenvalue weighted by Crippen LogP contribution is 2.42. The largest absolute Gasteiger partial charge is 0.482 e. The summed E-state index contributed by atoms with van der Waals surface area (Å²) >= 11 is 0. The molecule has 2 fully saturated rings. The molecule has 6 rings (SSSR count). The summed E-state index contributed by atoms with van der Waals surface area (Å²) in [6, 6.07) is 7.18. The number of nitrogens with one attached hydrogen (secondary N) is 1. The van der Waals surface area contributed by atoms with Crippen LogP contribution in [0.1, 0.15) is 49.6 Å². The van der Waals surface area contributed by atoms with Crippen molar-refractivity contribution in [3.8, 4) is 16.9 Å². The fourth-order valence-corrected chi connectivity index (χ4v) is 5.40. The SMILES string of the molecule is Nc1ncc2c(-c3cnn(C4CCNCC4)c3)coc2c1OC1CCCC1c1cccc(F)c1. The Balaban J connectivity index is 1.31. The Morgan fingerprint density at radius 3 is 2.88 bits per heavy atom. The van der Waals surface area contributed by atoms with Crippen LogP contribution in [0.15, 0.2) is 53.5 Å². The van der Waals surface area contributed by atoms with E-state index in [0.29, 0.717) is 23.2 Å². The van der Waals surface area contributed by atoms with E-state index in [-0.39, 0.29) is 17.8 Å². The molecule has 0 bridgehead atoms. The number of anilines is 1. The molecule has 0 radical (unpaired) electrons. The Bertz CT molecular complexity index is 1310. The molecule has 1 saturated heterocycles. The van der Waals surface area contributed by atoms with Crippen molar-refractivity contribution in [3.63, 3.8) is 0 Å². The highest BCUT2D eigenvalue weighted by atomic mass is 19.1. The third kappa shape index (κ3) is 3.81. The Morgan fingerprint density at radius 1 is 1.15 bits per heavy atom. The maximum absolute atomic E-state index is 13.8. The summed E-state index contributed by atoms with van der Waals surface area (Å²) in [4.78, 5) is 4.41. The zero-order chi connectivity index (χ0) is 23.1. The molecular formula is C26H28FN5O2. The summed E-state index contributed by atoms with van der Waals surface area (Å²) in [6.45, 7) is 2.02. The van der Waals surface area contributed by atoms with Crippen molar-refractivity contribution in [3.05, 3.63) is 60.5 Å². The predicted octanol–water partition coefficient (Wildman–Crippen LogP) is 5.05. The summed E-state index contributed by atoms with van der Waals surface area (Å²) < 4.78 is 28.3. The highest BCUT2D eigenvalue weighted by Gasteiger charge is 2.32. The normalized spacial score (nSPS) is 21.3. The van der Waals surface area contributed by atoms with Gasteiger partial charge in [0.05, 0.1) is 17.6 Å². The van der Waals surface area contributed by atoms with E-state index in [4.69, 9.17) is 14.9 Å². The molecule has 1 saturated carbocycles. The summed E-state index contributed by atoms with van der Waals surface area (Å²) in [5.74, 6) is 0.627. The van der Waals surface area contributed by atoms with E-state index in [1.807, 2.05) is 12.3 Å². The van der Waals surface area contributed by atoms with Gasteiger partial charge >= 0.3 is 0 Å². The molecule has 1 aliphatic heterocycles. The number of nitrogens with two attached hydrogens (primary N) is 1. The van der Waals surface area contributed by atoms with Crippen LogP contribution >= 0.6 is 0 Å². The lowest BCUT2D eigenvalue weighted by Gasteiger charge is -2.22. The Morgan fingerprint density at radius 2 is 2.03 bits per heavy atom. The number of nitrogens with zero attached hydrogens (tertiary/aromatic N) is 3. The lowest BCUT2D eigenvalue weighted by Crippen LogP contribution is -2.29. The zero-order valence-electron chi connectivity index (χ0n) is 18.9. The van der Waals surface area contributed by atoms with E-state index in [1.165, 1.54) is 6.07 Å². The second kappa shape index (κ2) is 8.76. The number of ether oxygens (including phenoxy) is 1. The lowest BCUT2D eigenvalue weighted by molar-refractivity contribution is 0.191. The summed E-state index contributed by atoms with van der Waals surface area (Å²) in [5, 5.41) is 8.85. The topological polar surface area (TPSA) is 91.1 Å². The van der Waals surface area contributed by atoms with Gasteiger partial charge in [0, 0.05) is 29.4 Å². The molecule has 7 nitrogen and oxygen atoms in total. The third-order valence-electron chi connectivity index (χ3n) is 7.19. The monoisotopic (exact) mass is 461 g/mol. The number of hydrogen-bond donors (Lipinski definition) is 2. The van der Waals surface area contributed by atoms with E-state index in [9.17, 15) is 4.39 Å². The van der Waals surface area contributed by atoms with Crippen LogP contribution in [0.4, 0.5) is 10.2 Å². The molecule has 2 atom stereocenters. The van der Waals surface area contributed by atoms with E-state index in [1.54, 1.807) is 24.6 Å². The van der Waals surface area contributed by atoms with E-state index in [0.717, 1.165) is 67.3 Å². The van der Waals surface area contributed by atoms with Crippen molar-refractivity contribution in [1.29, 1.82) is 0 Å². The standard InChI is InChI=1S/C26H28FN5O2/c27-18-4-1-3-16(11-18)20-5-2-6-23(20)34-25-24-21(13-30-26(25)28)22(15-33-24)17-12-31-32(14-17)19-7-9-29-10-8-19/h1,3-4,11-15,19-20,23,29H,2,5-10H2,(H2,28,30). The first-order chi connectivity index (χ1) is 16.7. The van der Waals surface area contributed by atoms with Gasteiger partial charge in [0.15, 0.2) is 11.4 Å². The van der Waals surface area contributed by atoms with Crippen LogP contribution in [0.3, 0.4) is 0 Å². The second-order valence-corrected chi connectivity index (χ2v) is 9.30. The fraction of sp³-hybridized carbons (Fsp3) is 0.385. The predicted molar refractivity (Wildman–Crippen MR) is 128 cm³/mol. The number of nitrogen functional groups attached to an aromatic ring is 1. The summed E-state index contributed by atoms with van der Waals surface area (Å²) in [6.07, 6.45) is 12.2. The van der Waals surface area contributed by atoms with Crippen LogP contribution in [-0.2, 0) is 0 Å². The minimum atomic E-state index is -0.229. The molecule has 1 aromatic carbocycles. The molecule has 3 N–H and O–H groups in total. The van der Waals surface area contributed by atoms with E-state index < -0.39 is 0 Å². The van der Waals surface area contributed by atoms with Gasteiger partial charge in [-0.3, -0.25) is 4.68 Å². The van der Waals surface area contributed by atoms with Crippen molar-refractivity contribution in [2.24, 2.45) is 0 Å². The quantitative estimate of drug-likeness (QED) is 0.432. The van der Waals surface area contributed by atoms with Crippen LogP contribution < -0.4 is 15.8 Å². The van der Waals surface area contributed by atoms with E-state index >= 15 is 0 Å². The van der Waals surface area contributed by atoms with Crippen LogP contribution in [0.2, 0.25) is 0 Å². The molecule has 34 heavy (non-hydrogen) atoms. The van der Waals surface area contributed by atoms with Gasteiger partial charge in [-0.05, 0) is 62.9 Å². The Hall–Kier alpha value is -3.39. The van der Waals surface area contributed by atoms with Gasteiger partial charge < -0.3 is 20.2 Å². The molecule has 3 aromatic heterocycles. The smallest absolute Gasteiger partial charge is 0.205 e. The number of hydrogen-bond acceptors (Lipinski definition) is 6. The summed E-state index contributed by atoms with van der Waals surface area (Å²) in [5.41, 5.74) is 9.68. The van der Waals surface area contributed by atoms with Gasteiger partial charge in [0.25, 0.3) is 0 Å². The van der Waals surface area contributed by atoms with Crippen molar-refractivity contribution in [1.82, 2.24) is 20.1 Å². The number of halogens is 1. The molecule has 2 unspecified atom stereocenters. The van der Waals surface area contributed by atoms with Gasteiger partial charge in [0.2, 0.25) is 5.75 Å². The molecular weight excluding hydrogens is 433 g/mol. The Labute approximate surface area is 197 Å². The molecule has 8 heteroatoms. The Kier molecular flexibility index (Phi) is 5.45. The number of piperidine rings is 1. The van der Waals surface area contributed by atoms with Crippen molar-refractivity contribution < 1.29 is 13.5 Å². The number of furan rings is 1. The second-order valence-electron chi connectivity index (χ2n) is 9.30. The minimum absolute atomic E-state index is 0.100. The van der Waals surface area contributed by atoms with Crippen LogP contribution in [-0.4, -0.2) is 34.0 Å². The molecule has 0 spiro atoms. The van der Waals surface area contributed by atoms with Crippen LogP contribution in [0, 0.1) is 5.82 Å². The number of fused-ring (bicyclic) bond motifs is 1. The molecule has 0 amide bonds. The van der Waals surface area contributed by atoms with Gasteiger partial charge in [-0.2, -0.15) is 5.10 Å². The molecule has 1 aliphatic carbocycles. The molecule has 4 aromatic rings. The number of benzene rings is 1. The van der Waals surface area contributed by atoms with Crippen molar-refractivity contribution in [2.75, 3.05) is 18.8 Å². The first kappa shape index (κ1) is 21.2. The molecule has 176 valence electrons. The van der Waals surface area contributed by atoms with Gasteiger partial charge in [-0.15, -0.1) is 0 Å². The maximum Gasteiger partial charge on any atom is 0.205 e. The maximum atomic E-state index is 13.8. The first-order valence-electron chi connectivity index (χ1n) is 12.0. The minimum Gasteiger partial charge on any atom is -0.482 e. The average molecular weight is 462 g/mol. The number of pyridine rings is 1. The highest BCUT2D eigenvalue weighted by molar-refractivity contribution is 5.97. The van der Waals surface area contributed by atoms with Crippen molar-refractivity contribution >= 4 is 16.8 Å². The fourth-order valence-electron chi connectivity index (χ4n) is 5.40. The lowest BCUT2D eigenvalue weighted by atomic mass is 9.95. The zero-order valence-corrected chi connectivity index (χ0v) is 18.9. The third-order valence-corrected chi connectivity index (χ3v) is 7.19. The average Bonchev–Trinajstić information content (AvgIpc) is 3.61. The number of rotatable bonds is 5. The van der Waals surface area contributed by atoms with Gasteiger partial charge in [-0.1, -0.05) is 12.1 Å². The van der Waals surface area contributed by atoms with E-state index in [2.05, 4.69) is 26.3 Å². The van der Waals surface area contributed by atoms with Gasteiger partial charge in [-0.25, -0.2) is 9.37 Å². The van der Waals surface area contributed by atoms with Crippen molar-refractivity contribution in [2.45, 2.75) is 50.2 Å².